The van der Waals surface area contributed by atoms with Crippen LogP contribution in [0, 0.1) is 0 Å². The maximum atomic E-state index is 13.5. The number of rotatable bonds is 5. The Morgan fingerprint density at radius 1 is 1.11 bits per heavy atom. The summed E-state index contributed by atoms with van der Waals surface area (Å²) >= 11 is 7.56. The zero-order chi connectivity index (χ0) is 26.4. The number of halogens is 1. The second kappa shape index (κ2) is 9.66. The highest BCUT2D eigenvalue weighted by Crippen LogP contribution is 2.45. The van der Waals surface area contributed by atoms with Crippen molar-refractivity contribution in [2.24, 2.45) is 0 Å². The third-order valence-electron chi connectivity index (χ3n) is 6.29. The van der Waals surface area contributed by atoms with Crippen LogP contribution in [0.2, 0.25) is 5.02 Å². The van der Waals surface area contributed by atoms with Crippen molar-refractivity contribution in [1.29, 1.82) is 0 Å². The Bertz CT molecular complexity index is 1630. The van der Waals surface area contributed by atoms with E-state index in [9.17, 15) is 14.7 Å². The molecule has 0 aliphatic carbocycles. The Hall–Kier alpha value is -4.08. The second-order valence-corrected chi connectivity index (χ2v) is 10.1. The van der Waals surface area contributed by atoms with Crippen molar-refractivity contribution in [3.05, 3.63) is 82.4 Å². The standard InChI is InChI=1S/C28H21ClN2O6S/c1-2-35-18-7-8-19-22(14-18)38-28(30-19)31-24(15-4-3-5-17(29)12-15)23(26(33)27(31)34)25(32)16-6-9-20-21(13-16)37-11-10-36-20/h3-9,12-14,24,32H,2,10-11H2,1H3/b25-23+/t24-/m0/s1. The number of carbonyl (C=O) groups is 2. The van der Waals surface area contributed by atoms with E-state index in [2.05, 4.69) is 4.98 Å². The van der Waals surface area contributed by atoms with Crippen molar-refractivity contribution >= 4 is 55.7 Å². The van der Waals surface area contributed by atoms with Crippen molar-refractivity contribution in [1.82, 2.24) is 4.98 Å². The van der Waals surface area contributed by atoms with Crippen LogP contribution in [0.4, 0.5) is 5.13 Å². The van der Waals surface area contributed by atoms with Gasteiger partial charge >= 0.3 is 5.91 Å². The first-order valence-corrected chi connectivity index (χ1v) is 13.1. The van der Waals surface area contributed by atoms with Crippen LogP contribution >= 0.6 is 22.9 Å². The number of Topliss-reactive ketones (excluding diaryl/α,β-unsaturated/α-hetero) is 1. The molecule has 38 heavy (non-hydrogen) atoms. The molecule has 2 aliphatic heterocycles. The van der Waals surface area contributed by atoms with Crippen molar-refractivity contribution in [2.45, 2.75) is 13.0 Å². The summed E-state index contributed by atoms with van der Waals surface area (Å²) in [4.78, 5) is 32.9. The fourth-order valence-electron chi connectivity index (χ4n) is 4.62. The van der Waals surface area contributed by atoms with E-state index in [0.29, 0.717) is 63.9 Å². The van der Waals surface area contributed by atoms with Gasteiger partial charge in [-0.2, -0.15) is 0 Å². The first kappa shape index (κ1) is 24.3. The van der Waals surface area contributed by atoms with E-state index in [1.54, 1.807) is 54.6 Å². The van der Waals surface area contributed by atoms with Crippen LogP contribution in [0.25, 0.3) is 16.0 Å². The molecule has 0 spiro atoms. The maximum absolute atomic E-state index is 13.5. The van der Waals surface area contributed by atoms with Gasteiger partial charge in [0, 0.05) is 10.6 Å². The van der Waals surface area contributed by atoms with E-state index in [-0.39, 0.29) is 11.3 Å². The van der Waals surface area contributed by atoms with E-state index in [4.69, 9.17) is 25.8 Å². The van der Waals surface area contributed by atoms with E-state index in [0.717, 1.165) is 4.70 Å². The molecular weight excluding hydrogens is 528 g/mol. The Kier molecular flexibility index (Phi) is 6.17. The molecule has 1 fully saturated rings. The second-order valence-electron chi connectivity index (χ2n) is 8.64. The molecule has 1 amide bonds. The lowest BCUT2D eigenvalue weighted by Crippen LogP contribution is -2.29. The molecule has 1 N–H and O–H groups in total. The van der Waals surface area contributed by atoms with E-state index < -0.39 is 17.7 Å². The van der Waals surface area contributed by atoms with Gasteiger partial charge in [0.15, 0.2) is 16.6 Å². The number of ether oxygens (including phenoxy) is 3. The highest BCUT2D eigenvalue weighted by Gasteiger charge is 2.48. The molecule has 1 aromatic heterocycles. The zero-order valence-electron chi connectivity index (χ0n) is 20.1. The number of hydrogen-bond acceptors (Lipinski definition) is 8. The number of ketones is 1. The largest absolute Gasteiger partial charge is 0.507 e. The van der Waals surface area contributed by atoms with Gasteiger partial charge in [0.1, 0.15) is 24.7 Å². The van der Waals surface area contributed by atoms with E-state index in [1.807, 2.05) is 13.0 Å². The minimum absolute atomic E-state index is 0.0665. The van der Waals surface area contributed by atoms with Gasteiger partial charge in [-0.1, -0.05) is 35.1 Å². The molecule has 6 rings (SSSR count). The highest BCUT2D eigenvalue weighted by molar-refractivity contribution is 7.22. The van der Waals surface area contributed by atoms with Crippen molar-refractivity contribution in [2.75, 3.05) is 24.7 Å². The summed E-state index contributed by atoms with van der Waals surface area (Å²) < 4.78 is 17.6. The molecule has 4 aromatic rings. The van der Waals surface area contributed by atoms with Crippen LogP contribution in [-0.2, 0) is 9.59 Å². The molecule has 0 radical (unpaired) electrons. The number of aliphatic hydroxyl groups excluding tert-OH is 1. The summed E-state index contributed by atoms with van der Waals surface area (Å²) in [5.74, 6) is -0.268. The van der Waals surface area contributed by atoms with Crippen molar-refractivity contribution < 1.29 is 28.9 Å². The number of fused-ring (bicyclic) bond motifs is 2. The molecular formula is C28H21ClN2O6S. The highest BCUT2D eigenvalue weighted by atomic mass is 35.5. The molecule has 1 saturated heterocycles. The number of hydrogen-bond donors (Lipinski definition) is 1. The van der Waals surface area contributed by atoms with Crippen LogP contribution in [0.15, 0.2) is 66.2 Å². The fraction of sp³-hybridized carbons (Fsp3) is 0.179. The van der Waals surface area contributed by atoms with Gasteiger partial charge in [-0.3, -0.25) is 14.5 Å². The molecule has 3 heterocycles. The van der Waals surface area contributed by atoms with Crippen LogP contribution in [0.5, 0.6) is 17.2 Å². The van der Waals surface area contributed by atoms with Crippen molar-refractivity contribution in [3.63, 3.8) is 0 Å². The number of carbonyl (C=O) groups excluding carboxylic acids is 2. The summed E-state index contributed by atoms with van der Waals surface area (Å²) in [5.41, 5.74) is 1.48. The van der Waals surface area contributed by atoms with Crippen LogP contribution in [0.3, 0.4) is 0 Å². The number of benzene rings is 3. The predicted octanol–water partition coefficient (Wildman–Crippen LogP) is 5.75. The molecule has 2 aliphatic rings. The first-order chi connectivity index (χ1) is 18.4. The van der Waals surface area contributed by atoms with E-state index in [1.165, 1.54) is 16.2 Å². The van der Waals surface area contributed by atoms with Gasteiger partial charge < -0.3 is 19.3 Å². The van der Waals surface area contributed by atoms with Gasteiger partial charge in [-0.05, 0) is 61.0 Å². The number of nitrogens with zero attached hydrogens (tertiary/aromatic N) is 2. The number of amides is 1. The predicted molar refractivity (Wildman–Crippen MR) is 144 cm³/mol. The van der Waals surface area contributed by atoms with Gasteiger partial charge in [0.25, 0.3) is 5.78 Å². The summed E-state index contributed by atoms with van der Waals surface area (Å²) in [6, 6.07) is 16.2. The number of aromatic nitrogens is 1. The van der Waals surface area contributed by atoms with Crippen LogP contribution in [-0.4, -0.2) is 41.6 Å². The Balaban J connectivity index is 1.51. The quantitative estimate of drug-likeness (QED) is 0.193. The summed E-state index contributed by atoms with van der Waals surface area (Å²) in [7, 11) is 0. The molecule has 0 saturated carbocycles. The average molecular weight is 549 g/mol. The van der Waals surface area contributed by atoms with Gasteiger partial charge in [0.2, 0.25) is 0 Å². The number of anilines is 1. The van der Waals surface area contributed by atoms with Gasteiger partial charge in [-0.25, -0.2) is 4.98 Å². The SMILES string of the molecule is CCOc1ccc2nc(N3C(=O)C(=O)/C(=C(/O)c4ccc5c(c4)OCCO5)[C@@H]3c3cccc(Cl)c3)sc2c1. The first-order valence-electron chi connectivity index (χ1n) is 11.9. The summed E-state index contributed by atoms with van der Waals surface area (Å²) in [6.07, 6.45) is 0. The third-order valence-corrected chi connectivity index (χ3v) is 7.54. The molecule has 0 bridgehead atoms. The number of thiazole rings is 1. The van der Waals surface area contributed by atoms with Gasteiger partial charge in [0.05, 0.1) is 28.4 Å². The molecule has 192 valence electrons. The normalized spacial score (nSPS) is 18.3. The van der Waals surface area contributed by atoms with Crippen molar-refractivity contribution in [3.8, 4) is 17.2 Å². The molecule has 3 aromatic carbocycles. The maximum Gasteiger partial charge on any atom is 0.301 e. The Labute approximate surface area is 226 Å². The van der Waals surface area contributed by atoms with Gasteiger partial charge in [-0.15, -0.1) is 0 Å². The van der Waals surface area contributed by atoms with E-state index >= 15 is 0 Å². The van der Waals surface area contributed by atoms with Crippen LogP contribution in [0.1, 0.15) is 24.1 Å². The van der Waals surface area contributed by atoms with Crippen LogP contribution < -0.4 is 19.1 Å². The molecule has 0 unspecified atom stereocenters. The molecule has 1 atom stereocenters. The smallest absolute Gasteiger partial charge is 0.301 e. The lowest BCUT2D eigenvalue weighted by Gasteiger charge is -2.23. The topological polar surface area (TPSA) is 98.2 Å². The summed E-state index contributed by atoms with van der Waals surface area (Å²) in [6.45, 7) is 3.20. The lowest BCUT2D eigenvalue weighted by atomic mass is 9.95. The zero-order valence-corrected chi connectivity index (χ0v) is 21.7. The fourth-order valence-corrected chi connectivity index (χ4v) is 5.84. The Morgan fingerprint density at radius 3 is 2.71 bits per heavy atom. The Morgan fingerprint density at radius 2 is 1.92 bits per heavy atom. The lowest BCUT2D eigenvalue weighted by molar-refractivity contribution is -0.132. The molecule has 8 nitrogen and oxygen atoms in total. The minimum atomic E-state index is -0.950. The average Bonchev–Trinajstić information content (AvgIpc) is 3.46. The minimum Gasteiger partial charge on any atom is -0.507 e. The summed E-state index contributed by atoms with van der Waals surface area (Å²) in [5, 5.41) is 12.2. The number of aliphatic hydroxyl groups is 1. The molecule has 10 heteroatoms. The monoisotopic (exact) mass is 548 g/mol. The third kappa shape index (κ3) is 4.13.